The van der Waals surface area contributed by atoms with Crippen LogP contribution in [-0.2, 0) is 11.2 Å². The minimum absolute atomic E-state index is 0.0886. The van der Waals surface area contributed by atoms with Gasteiger partial charge in [-0.3, -0.25) is 9.69 Å². The molecule has 204 valence electrons. The van der Waals surface area contributed by atoms with E-state index in [-0.39, 0.29) is 23.6 Å². The lowest BCUT2D eigenvalue weighted by molar-refractivity contribution is -0.144. The minimum Gasteiger partial charge on any atom is -0.480 e. The first-order chi connectivity index (χ1) is 17.7. The average Bonchev–Trinajstić information content (AvgIpc) is 3.31. The molecule has 2 aromatic carbocycles. The monoisotopic (exact) mass is 514 g/mol. The van der Waals surface area contributed by atoms with Crippen LogP contribution in [0.15, 0.2) is 48.5 Å². The Morgan fingerprint density at radius 1 is 0.973 bits per heavy atom. The van der Waals surface area contributed by atoms with Gasteiger partial charge in [0.15, 0.2) is 0 Å². The van der Waals surface area contributed by atoms with Crippen LogP contribution >= 0.6 is 0 Å². The highest BCUT2D eigenvalue weighted by Crippen LogP contribution is 2.27. The number of carboxylic acids is 1. The van der Waals surface area contributed by atoms with Crippen molar-refractivity contribution in [2.75, 3.05) is 32.7 Å². The average molecular weight is 515 g/mol. The second-order valence-corrected chi connectivity index (χ2v) is 11.1. The normalized spacial score (nSPS) is 20.0. The van der Waals surface area contributed by atoms with Crippen molar-refractivity contribution in [3.63, 3.8) is 0 Å². The molecule has 0 aliphatic carbocycles. The molecular weight excluding hydrogens is 470 g/mol. The Bertz CT molecular complexity index is 961. The van der Waals surface area contributed by atoms with Crippen LogP contribution in [0.25, 0.3) is 0 Å². The maximum absolute atomic E-state index is 13.7. The fourth-order valence-electron chi connectivity index (χ4n) is 5.87. The SMILES string of the molecule is Cc1c(F)cccc1CCCC1CCN(CC2CCN([C@@H](C(=O)O)C(C)C)C2)CC1.Fc1ccccc1. The van der Waals surface area contributed by atoms with E-state index in [1.165, 1.54) is 31.4 Å². The van der Waals surface area contributed by atoms with Gasteiger partial charge in [0.2, 0.25) is 0 Å². The number of piperidine rings is 1. The summed E-state index contributed by atoms with van der Waals surface area (Å²) in [6, 6.07) is 13.0. The van der Waals surface area contributed by atoms with Gasteiger partial charge in [-0.2, -0.15) is 0 Å². The molecular formula is C31H44F2N2O2. The van der Waals surface area contributed by atoms with E-state index in [9.17, 15) is 18.7 Å². The maximum atomic E-state index is 13.7. The Hall–Kier alpha value is -2.31. The Balaban J connectivity index is 0.000000468. The molecule has 37 heavy (non-hydrogen) atoms. The fourth-order valence-corrected chi connectivity index (χ4v) is 5.87. The van der Waals surface area contributed by atoms with Crippen molar-refractivity contribution >= 4 is 5.97 Å². The molecule has 2 aromatic rings. The van der Waals surface area contributed by atoms with Gasteiger partial charge < -0.3 is 10.0 Å². The van der Waals surface area contributed by atoms with Crippen molar-refractivity contribution in [2.45, 2.75) is 65.3 Å². The van der Waals surface area contributed by atoms with Gasteiger partial charge in [-0.05, 0) is 106 Å². The van der Waals surface area contributed by atoms with Crippen molar-refractivity contribution in [1.82, 2.24) is 9.80 Å². The van der Waals surface area contributed by atoms with Crippen LogP contribution < -0.4 is 0 Å². The summed E-state index contributed by atoms with van der Waals surface area (Å²) in [5.74, 6) is 0.579. The summed E-state index contributed by atoms with van der Waals surface area (Å²) >= 11 is 0. The molecule has 2 fully saturated rings. The van der Waals surface area contributed by atoms with Crippen molar-refractivity contribution < 1.29 is 18.7 Å². The van der Waals surface area contributed by atoms with Crippen LogP contribution in [0.4, 0.5) is 8.78 Å². The lowest BCUT2D eigenvalue weighted by Gasteiger charge is -2.34. The van der Waals surface area contributed by atoms with Crippen molar-refractivity contribution in [3.8, 4) is 0 Å². The van der Waals surface area contributed by atoms with Crippen LogP contribution in [0.1, 0.15) is 57.1 Å². The van der Waals surface area contributed by atoms with Gasteiger partial charge in [-0.25, -0.2) is 8.78 Å². The molecule has 0 aromatic heterocycles. The summed E-state index contributed by atoms with van der Waals surface area (Å²) in [5, 5.41) is 9.54. The molecule has 0 bridgehead atoms. The molecule has 4 nitrogen and oxygen atoms in total. The van der Waals surface area contributed by atoms with E-state index >= 15 is 0 Å². The molecule has 4 rings (SSSR count). The molecule has 0 saturated carbocycles. The van der Waals surface area contributed by atoms with E-state index < -0.39 is 5.97 Å². The highest BCUT2D eigenvalue weighted by Gasteiger charge is 2.35. The lowest BCUT2D eigenvalue weighted by Crippen LogP contribution is -2.44. The number of likely N-dealkylation sites (tertiary alicyclic amines) is 2. The fraction of sp³-hybridized carbons (Fsp3) is 0.581. The number of nitrogens with zero attached hydrogens (tertiary/aromatic N) is 2. The molecule has 0 amide bonds. The van der Waals surface area contributed by atoms with Gasteiger partial charge in [0.1, 0.15) is 17.7 Å². The lowest BCUT2D eigenvalue weighted by atomic mass is 9.90. The summed E-state index contributed by atoms with van der Waals surface area (Å²) in [6.07, 6.45) is 6.96. The molecule has 2 aliphatic heterocycles. The highest BCUT2D eigenvalue weighted by atomic mass is 19.1. The van der Waals surface area contributed by atoms with Crippen molar-refractivity contribution in [2.24, 2.45) is 17.8 Å². The summed E-state index contributed by atoms with van der Waals surface area (Å²) in [6.45, 7) is 11.2. The highest BCUT2D eigenvalue weighted by molar-refractivity contribution is 5.73. The number of carboxylic acid groups (broad SMARTS) is 1. The number of hydrogen-bond donors (Lipinski definition) is 1. The van der Waals surface area contributed by atoms with Crippen molar-refractivity contribution in [3.05, 3.63) is 71.3 Å². The second-order valence-electron chi connectivity index (χ2n) is 11.1. The van der Waals surface area contributed by atoms with E-state index in [1.807, 2.05) is 26.8 Å². The van der Waals surface area contributed by atoms with Crippen LogP contribution in [0.3, 0.4) is 0 Å². The molecule has 1 N–H and O–H groups in total. The standard InChI is InChI=1S/C25H39FN2O2.C6H5F/c1-18(2)24(25(29)30)28-15-12-21(17-28)16-27-13-10-20(11-14-27)6-4-7-22-8-5-9-23(26)19(22)3;7-6-4-2-1-3-5-6/h5,8-9,18,20-21,24H,4,6-7,10-17H2,1-3H3,(H,29,30);1-5H/t21?,24-;/m1./s1. The Kier molecular flexibility index (Phi) is 11.5. The van der Waals surface area contributed by atoms with Gasteiger partial charge in [0.05, 0.1) is 0 Å². The third-order valence-electron chi connectivity index (χ3n) is 7.99. The number of aliphatic carboxylic acids is 1. The summed E-state index contributed by atoms with van der Waals surface area (Å²) in [4.78, 5) is 16.4. The van der Waals surface area contributed by atoms with Gasteiger partial charge in [0.25, 0.3) is 0 Å². The number of halogens is 2. The van der Waals surface area contributed by atoms with E-state index in [2.05, 4.69) is 15.9 Å². The first-order valence-electron chi connectivity index (χ1n) is 13.9. The molecule has 0 radical (unpaired) electrons. The largest absolute Gasteiger partial charge is 0.480 e. The van der Waals surface area contributed by atoms with E-state index in [1.54, 1.807) is 24.3 Å². The van der Waals surface area contributed by atoms with Crippen LogP contribution in [-0.4, -0.2) is 59.6 Å². The predicted octanol–water partition coefficient (Wildman–Crippen LogP) is 6.43. The molecule has 2 heterocycles. The third kappa shape index (κ3) is 9.19. The minimum atomic E-state index is -0.681. The molecule has 6 heteroatoms. The quantitative estimate of drug-likeness (QED) is 0.419. The van der Waals surface area contributed by atoms with Gasteiger partial charge in [-0.15, -0.1) is 0 Å². The first kappa shape index (κ1) is 29.2. The van der Waals surface area contributed by atoms with Gasteiger partial charge in [-0.1, -0.05) is 50.6 Å². The molecule has 1 unspecified atom stereocenters. The van der Waals surface area contributed by atoms with Crippen molar-refractivity contribution in [1.29, 1.82) is 0 Å². The smallest absolute Gasteiger partial charge is 0.321 e. The first-order valence-corrected chi connectivity index (χ1v) is 13.9. The summed E-state index contributed by atoms with van der Waals surface area (Å²) < 4.78 is 25.6. The topological polar surface area (TPSA) is 43.8 Å². The summed E-state index contributed by atoms with van der Waals surface area (Å²) in [7, 11) is 0. The summed E-state index contributed by atoms with van der Waals surface area (Å²) in [5.41, 5.74) is 1.96. The maximum Gasteiger partial charge on any atom is 0.321 e. The third-order valence-corrected chi connectivity index (χ3v) is 7.99. The van der Waals surface area contributed by atoms with E-state index in [4.69, 9.17) is 0 Å². The number of benzene rings is 2. The van der Waals surface area contributed by atoms with Crippen LogP contribution in [0, 0.1) is 36.3 Å². The molecule has 2 atom stereocenters. The predicted molar refractivity (Wildman–Crippen MR) is 146 cm³/mol. The Morgan fingerprint density at radius 3 is 2.24 bits per heavy atom. The zero-order chi connectivity index (χ0) is 26.8. The number of aryl methyl sites for hydroxylation is 1. The van der Waals surface area contributed by atoms with Crippen LogP contribution in [0.5, 0.6) is 0 Å². The molecule has 2 aliphatic rings. The van der Waals surface area contributed by atoms with Gasteiger partial charge in [0, 0.05) is 13.1 Å². The zero-order valence-corrected chi connectivity index (χ0v) is 22.7. The van der Waals surface area contributed by atoms with Crippen LogP contribution in [0.2, 0.25) is 0 Å². The Morgan fingerprint density at radius 2 is 1.65 bits per heavy atom. The number of hydrogen-bond acceptors (Lipinski definition) is 3. The molecule has 2 saturated heterocycles. The number of rotatable bonds is 9. The Labute approximate surface area is 221 Å². The number of carbonyl (C=O) groups is 1. The van der Waals surface area contributed by atoms with E-state index in [0.717, 1.165) is 69.0 Å². The zero-order valence-electron chi connectivity index (χ0n) is 22.7. The molecule has 0 spiro atoms. The van der Waals surface area contributed by atoms with E-state index in [0.29, 0.717) is 5.92 Å². The van der Waals surface area contributed by atoms with Gasteiger partial charge >= 0.3 is 5.97 Å². The second kappa shape index (κ2) is 14.6.